The Morgan fingerprint density at radius 1 is 1.38 bits per heavy atom. The number of nitrogens with zero attached hydrogens (tertiary/aromatic N) is 2. The lowest BCUT2D eigenvalue weighted by molar-refractivity contribution is 0.0697. The number of hydrogen-bond acceptors (Lipinski definition) is 5. The molecule has 2 aromatic rings. The van der Waals surface area contributed by atoms with Gasteiger partial charge in [-0.15, -0.1) is 0 Å². The Hall–Kier alpha value is -1.92. The summed E-state index contributed by atoms with van der Waals surface area (Å²) < 4.78 is 5.03. The number of ether oxygens (including phenoxy) is 1. The molecule has 1 N–H and O–H groups in total. The van der Waals surface area contributed by atoms with E-state index in [1.165, 1.54) is 24.0 Å². The molecular weight excluding hydrogens is 288 g/mol. The molecule has 5 nitrogen and oxygen atoms in total. The van der Waals surface area contributed by atoms with Gasteiger partial charge in [0.15, 0.2) is 5.13 Å². The van der Waals surface area contributed by atoms with Crippen molar-refractivity contribution in [3.8, 4) is 0 Å². The van der Waals surface area contributed by atoms with Crippen molar-refractivity contribution < 1.29 is 14.6 Å². The number of aromatic carboxylic acids is 1. The summed E-state index contributed by atoms with van der Waals surface area (Å²) in [6.07, 6.45) is 0. The zero-order valence-corrected chi connectivity index (χ0v) is 13.1. The van der Waals surface area contributed by atoms with Crippen LogP contribution in [0.3, 0.4) is 0 Å². The van der Waals surface area contributed by atoms with E-state index in [1.807, 2.05) is 43.0 Å². The summed E-state index contributed by atoms with van der Waals surface area (Å²) in [6.45, 7) is 4.95. The first-order valence-corrected chi connectivity index (χ1v) is 7.44. The Labute approximate surface area is 127 Å². The van der Waals surface area contributed by atoms with E-state index >= 15 is 0 Å². The molecule has 0 unspecified atom stereocenters. The minimum atomic E-state index is -0.967. The molecule has 0 fully saturated rings. The molecule has 0 saturated carbocycles. The summed E-state index contributed by atoms with van der Waals surface area (Å²) in [5.41, 5.74) is 2.65. The summed E-state index contributed by atoms with van der Waals surface area (Å²) in [6, 6.07) is 8.08. The second-order valence-corrected chi connectivity index (χ2v) is 5.57. The van der Waals surface area contributed by atoms with Crippen molar-refractivity contribution in [3.63, 3.8) is 0 Å². The Bertz CT molecular complexity index is 622. The van der Waals surface area contributed by atoms with Crippen LogP contribution in [0.4, 0.5) is 10.8 Å². The number of carboxylic acids is 1. The minimum Gasteiger partial charge on any atom is -0.477 e. The van der Waals surface area contributed by atoms with Gasteiger partial charge < -0.3 is 14.7 Å². The van der Waals surface area contributed by atoms with Gasteiger partial charge in [0.1, 0.15) is 4.88 Å². The van der Waals surface area contributed by atoms with Crippen LogP contribution in [0.15, 0.2) is 24.3 Å². The summed E-state index contributed by atoms with van der Waals surface area (Å²) in [4.78, 5) is 18.0. The Kier molecular flexibility index (Phi) is 4.93. The van der Waals surface area contributed by atoms with Gasteiger partial charge in [-0.1, -0.05) is 29.0 Å². The molecule has 6 heteroatoms. The Morgan fingerprint density at radius 2 is 2.05 bits per heavy atom. The second kappa shape index (κ2) is 6.69. The molecule has 1 aromatic heterocycles. The quantitative estimate of drug-likeness (QED) is 0.885. The van der Waals surface area contributed by atoms with E-state index in [0.29, 0.717) is 17.4 Å². The topological polar surface area (TPSA) is 62.7 Å². The van der Waals surface area contributed by atoms with Crippen LogP contribution in [-0.2, 0) is 11.3 Å². The number of anilines is 2. The third kappa shape index (κ3) is 3.40. The van der Waals surface area contributed by atoms with Gasteiger partial charge in [-0.05, 0) is 26.0 Å². The SMILES string of the molecule is CCN(c1ccc(C)cc1)c1nc(COC)c(C(=O)O)s1. The second-order valence-electron chi connectivity index (χ2n) is 4.59. The lowest BCUT2D eigenvalue weighted by atomic mass is 10.2. The molecule has 0 aliphatic heterocycles. The molecule has 0 amide bonds. The van der Waals surface area contributed by atoms with Crippen LogP contribution < -0.4 is 4.90 Å². The van der Waals surface area contributed by atoms with Gasteiger partial charge in [-0.3, -0.25) is 0 Å². The zero-order chi connectivity index (χ0) is 15.4. The van der Waals surface area contributed by atoms with Gasteiger partial charge in [-0.25, -0.2) is 9.78 Å². The van der Waals surface area contributed by atoms with Gasteiger partial charge in [0, 0.05) is 19.3 Å². The minimum absolute atomic E-state index is 0.198. The van der Waals surface area contributed by atoms with E-state index in [0.717, 1.165) is 5.69 Å². The molecule has 0 aliphatic rings. The number of benzene rings is 1. The number of methoxy groups -OCH3 is 1. The number of hydrogen-bond donors (Lipinski definition) is 1. The number of carboxylic acid groups (broad SMARTS) is 1. The fourth-order valence-corrected chi connectivity index (χ4v) is 3.00. The molecule has 112 valence electrons. The Morgan fingerprint density at radius 3 is 2.57 bits per heavy atom. The predicted octanol–water partition coefficient (Wildman–Crippen LogP) is 3.45. The lowest BCUT2D eigenvalue weighted by Gasteiger charge is -2.19. The normalized spacial score (nSPS) is 10.6. The number of carbonyl (C=O) groups is 1. The molecule has 0 aliphatic carbocycles. The molecule has 0 saturated heterocycles. The van der Waals surface area contributed by atoms with Crippen LogP contribution in [0, 0.1) is 6.92 Å². The van der Waals surface area contributed by atoms with E-state index in [-0.39, 0.29) is 11.5 Å². The number of rotatable bonds is 6. The van der Waals surface area contributed by atoms with Gasteiger partial charge >= 0.3 is 5.97 Å². The first-order chi connectivity index (χ1) is 10.1. The molecule has 0 spiro atoms. The zero-order valence-electron chi connectivity index (χ0n) is 12.3. The summed E-state index contributed by atoms with van der Waals surface area (Å²) >= 11 is 1.17. The average Bonchev–Trinajstić information content (AvgIpc) is 2.86. The largest absolute Gasteiger partial charge is 0.477 e. The molecule has 1 aromatic carbocycles. The first-order valence-electron chi connectivity index (χ1n) is 6.63. The van der Waals surface area contributed by atoms with Crippen LogP contribution in [0.1, 0.15) is 27.9 Å². The molecule has 0 bridgehead atoms. The lowest BCUT2D eigenvalue weighted by Crippen LogP contribution is -2.15. The van der Waals surface area contributed by atoms with E-state index in [4.69, 9.17) is 4.74 Å². The van der Waals surface area contributed by atoms with Crippen LogP contribution >= 0.6 is 11.3 Å². The van der Waals surface area contributed by atoms with Gasteiger partial charge in [0.2, 0.25) is 0 Å². The van der Waals surface area contributed by atoms with Crippen molar-refractivity contribution in [2.24, 2.45) is 0 Å². The third-order valence-corrected chi connectivity index (χ3v) is 4.16. The van der Waals surface area contributed by atoms with Gasteiger partial charge in [-0.2, -0.15) is 0 Å². The third-order valence-electron chi connectivity index (χ3n) is 3.05. The highest BCUT2D eigenvalue weighted by atomic mass is 32.1. The first kappa shape index (κ1) is 15.5. The van der Waals surface area contributed by atoms with Crippen molar-refractivity contribution in [2.75, 3.05) is 18.6 Å². The molecule has 2 rings (SSSR count). The van der Waals surface area contributed by atoms with E-state index < -0.39 is 5.97 Å². The molecule has 0 radical (unpaired) electrons. The van der Waals surface area contributed by atoms with Gasteiger partial charge in [0.25, 0.3) is 0 Å². The number of aromatic nitrogens is 1. The molecular formula is C15H18N2O3S. The van der Waals surface area contributed by atoms with Crippen molar-refractivity contribution >= 4 is 28.1 Å². The highest BCUT2D eigenvalue weighted by molar-refractivity contribution is 7.17. The predicted molar refractivity (Wildman–Crippen MR) is 83.6 cm³/mol. The van der Waals surface area contributed by atoms with Crippen LogP contribution in [-0.4, -0.2) is 29.7 Å². The Balaban J connectivity index is 2.40. The summed E-state index contributed by atoms with van der Waals surface area (Å²) in [5, 5.41) is 9.94. The monoisotopic (exact) mass is 306 g/mol. The fourth-order valence-electron chi connectivity index (χ4n) is 2.01. The summed E-state index contributed by atoms with van der Waals surface area (Å²) in [5.74, 6) is -0.967. The maximum Gasteiger partial charge on any atom is 0.347 e. The van der Waals surface area contributed by atoms with Crippen molar-refractivity contribution in [1.29, 1.82) is 0 Å². The van der Waals surface area contributed by atoms with E-state index in [2.05, 4.69) is 4.98 Å². The average molecular weight is 306 g/mol. The maximum absolute atomic E-state index is 11.3. The highest BCUT2D eigenvalue weighted by Gasteiger charge is 2.20. The van der Waals surface area contributed by atoms with E-state index in [9.17, 15) is 9.90 Å². The van der Waals surface area contributed by atoms with Gasteiger partial charge in [0.05, 0.1) is 12.3 Å². The standard InChI is InChI=1S/C15H18N2O3S/c1-4-17(11-7-5-10(2)6-8-11)15-16-12(9-20-3)13(21-15)14(18)19/h5-8H,4,9H2,1-3H3,(H,18,19). The fraction of sp³-hybridized carbons (Fsp3) is 0.333. The van der Waals surface area contributed by atoms with Crippen LogP contribution in [0.2, 0.25) is 0 Å². The highest BCUT2D eigenvalue weighted by Crippen LogP contribution is 2.32. The molecule has 1 heterocycles. The van der Waals surface area contributed by atoms with E-state index in [1.54, 1.807) is 0 Å². The molecule has 0 atom stereocenters. The maximum atomic E-state index is 11.3. The molecule has 21 heavy (non-hydrogen) atoms. The number of aryl methyl sites for hydroxylation is 1. The smallest absolute Gasteiger partial charge is 0.347 e. The van der Waals surface area contributed by atoms with Crippen molar-refractivity contribution in [2.45, 2.75) is 20.5 Å². The van der Waals surface area contributed by atoms with Crippen LogP contribution in [0.25, 0.3) is 0 Å². The van der Waals surface area contributed by atoms with Crippen LogP contribution in [0.5, 0.6) is 0 Å². The van der Waals surface area contributed by atoms with Crippen molar-refractivity contribution in [3.05, 3.63) is 40.4 Å². The van der Waals surface area contributed by atoms with Crippen molar-refractivity contribution in [1.82, 2.24) is 4.98 Å². The number of thiazole rings is 1. The summed E-state index contributed by atoms with van der Waals surface area (Å²) in [7, 11) is 1.53.